The number of likely N-dealkylation sites (tertiary alicyclic amines) is 1. The van der Waals surface area contributed by atoms with Crippen molar-refractivity contribution >= 4 is 16.8 Å². The van der Waals surface area contributed by atoms with Gasteiger partial charge in [-0.2, -0.15) is 0 Å². The van der Waals surface area contributed by atoms with E-state index in [9.17, 15) is 4.79 Å². The lowest BCUT2D eigenvalue weighted by Gasteiger charge is -2.27. The fourth-order valence-corrected chi connectivity index (χ4v) is 2.92. The number of rotatable bonds is 1. The van der Waals surface area contributed by atoms with E-state index in [0.717, 1.165) is 53.7 Å². The van der Waals surface area contributed by atoms with E-state index >= 15 is 0 Å². The van der Waals surface area contributed by atoms with Gasteiger partial charge in [0.15, 0.2) is 0 Å². The molecule has 1 aliphatic heterocycles. The van der Waals surface area contributed by atoms with Crippen molar-refractivity contribution in [2.45, 2.75) is 33.1 Å². The third-order valence-corrected chi connectivity index (χ3v) is 3.97. The van der Waals surface area contributed by atoms with E-state index in [1.54, 1.807) is 0 Å². The van der Waals surface area contributed by atoms with Crippen molar-refractivity contribution in [3.05, 3.63) is 41.1 Å². The van der Waals surface area contributed by atoms with E-state index in [1.807, 2.05) is 30.0 Å². The molecule has 1 saturated heterocycles. The predicted molar refractivity (Wildman–Crippen MR) is 81.0 cm³/mol. The first-order chi connectivity index (χ1) is 9.65. The van der Waals surface area contributed by atoms with Crippen molar-refractivity contribution in [2.24, 2.45) is 0 Å². The summed E-state index contributed by atoms with van der Waals surface area (Å²) >= 11 is 0. The van der Waals surface area contributed by atoms with E-state index in [-0.39, 0.29) is 5.91 Å². The van der Waals surface area contributed by atoms with Crippen molar-refractivity contribution in [2.75, 3.05) is 13.1 Å². The Labute approximate surface area is 119 Å². The summed E-state index contributed by atoms with van der Waals surface area (Å²) in [5.74, 6) is 0.158. The Balaban J connectivity index is 2.09. The third kappa shape index (κ3) is 2.40. The van der Waals surface area contributed by atoms with E-state index in [4.69, 9.17) is 0 Å². The van der Waals surface area contributed by atoms with Gasteiger partial charge in [0.1, 0.15) is 0 Å². The molecule has 1 aliphatic rings. The monoisotopic (exact) mass is 268 g/mol. The summed E-state index contributed by atoms with van der Waals surface area (Å²) in [5.41, 5.74) is 3.78. The number of pyridine rings is 1. The van der Waals surface area contributed by atoms with Crippen LogP contribution in [0.25, 0.3) is 10.9 Å². The van der Waals surface area contributed by atoms with Gasteiger partial charge >= 0.3 is 0 Å². The van der Waals surface area contributed by atoms with E-state index in [1.165, 1.54) is 6.42 Å². The molecule has 0 radical (unpaired) electrons. The van der Waals surface area contributed by atoms with E-state index in [2.05, 4.69) is 18.0 Å². The highest BCUT2D eigenvalue weighted by Gasteiger charge is 2.20. The van der Waals surface area contributed by atoms with Gasteiger partial charge in [-0.3, -0.25) is 9.78 Å². The van der Waals surface area contributed by atoms with Crippen LogP contribution in [0.1, 0.15) is 40.9 Å². The Bertz CT molecular complexity index is 657. The molecule has 0 spiro atoms. The number of carbonyl (C=O) groups is 1. The molecule has 1 aromatic carbocycles. The second-order valence-electron chi connectivity index (χ2n) is 5.68. The Morgan fingerprint density at radius 1 is 1.10 bits per heavy atom. The molecular formula is C17H20N2O. The zero-order valence-electron chi connectivity index (χ0n) is 12.1. The summed E-state index contributed by atoms with van der Waals surface area (Å²) in [5, 5.41) is 0.978. The normalized spacial score (nSPS) is 15.6. The largest absolute Gasteiger partial charge is 0.339 e. The van der Waals surface area contributed by atoms with Crippen LogP contribution in [-0.2, 0) is 0 Å². The number of hydrogen-bond donors (Lipinski definition) is 0. The SMILES string of the molecule is Cc1ccc2nc(C)cc(C(=O)N3CCCCC3)c2c1. The van der Waals surface area contributed by atoms with Gasteiger partial charge in [-0.05, 0) is 51.3 Å². The Kier molecular flexibility index (Phi) is 3.43. The van der Waals surface area contributed by atoms with Crippen LogP contribution in [0.5, 0.6) is 0 Å². The molecule has 0 N–H and O–H groups in total. The molecule has 1 aromatic heterocycles. The van der Waals surface area contributed by atoms with Gasteiger partial charge in [0, 0.05) is 24.2 Å². The molecule has 0 atom stereocenters. The summed E-state index contributed by atoms with van der Waals surface area (Å²) in [7, 11) is 0. The van der Waals surface area contributed by atoms with Crippen LogP contribution in [-0.4, -0.2) is 28.9 Å². The molecule has 0 bridgehead atoms. The zero-order chi connectivity index (χ0) is 14.1. The molecule has 0 saturated carbocycles. The smallest absolute Gasteiger partial charge is 0.254 e. The fourth-order valence-electron chi connectivity index (χ4n) is 2.92. The van der Waals surface area contributed by atoms with Gasteiger partial charge in [0.2, 0.25) is 0 Å². The summed E-state index contributed by atoms with van der Waals surface area (Å²) in [6.45, 7) is 5.77. The van der Waals surface area contributed by atoms with Crippen LogP contribution in [0.2, 0.25) is 0 Å². The average Bonchev–Trinajstić information content (AvgIpc) is 2.47. The van der Waals surface area contributed by atoms with Crippen LogP contribution in [0.4, 0.5) is 0 Å². The molecule has 104 valence electrons. The average molecular weight is 268 g/mol. The topological polar surface area (TPSA) is 33.2 Å². The number of nitrogens with zero attached hydrogens (tertiary/aromatic N) is 2. The van der Waals surface area contributed by atoms with Crippen LogP contribution in [0.15, 0.2) is 24.3 Å². The molecule has 1 amide bonds. The maximum absolute atomic E-state index is 12.8. The molecule has 3 nitrogen and oxygen atoms in total. The van der Waals surface area contributed by atoms with Crippen LogP contribution in [0, 0.1) is 13.8 Å². The van der Waals surface area contributed by atoms with Crippen molar-refractivity contribution in [1.29, 1.82) is 0 Å². The van der Waals surface area contributed by atoms with Gasteiger partial charge in [0.05, 0.1) is 11.1 Å². The van der Waals surface area contributed by atoms with Crippen molar-refractivity contribution < 1.29 is 4.79 Å². The van der Waals surface area contributed by atoms with Gasteiger partial charge in [-0.1, -0.05) is 11.6 Å². The molecule has 3 rings (SSSR count). The summed E-state index contributed by atoms with van der Waals surface area (Å²) in [6.07, 6.45) is 3.47. The van der Waals surface area contributed by atoms with E-state index < -0.39 is 0 Å². The molecule has 2 heterocycles. The summed E-state index contributed by atoms with van der Waals surface area (Å²) in [4.78, 5) is 19.3. The minimum Gasteiger partial charge on any atom is -0.339 e. The molecule has 0 unspecified atom stereocenters. The maximum atomic E-state index is 12.8. The maximum Gasteiger partial charge on any atom is 0.254 e. The highest BCUT2D eigenvalue weighted by Crippen LogP contribution is 2.22. The van der Waals surface area contributed by atoms with Crippen LogP contribution < -0.4 is 0 Å². The van der Waals surface area contributed by atoms with Gasteiger partial charge < -0.3 is 4.90 Å². The molecule has 1 fully saturated rings. The van der Waals surface area contributed by atoms with Crippen LogP contribution in [0.3, 0.4) is 0 Å². The number of carbonyl (C=O) groups excluding carboxylic acids is 1. The molecule has 3 heteroatoms. The standard InChI is InChI=1S/C17H20N2O/c1-12-6-7-16-14(10-12)15(11-13(2)18-16)17(20)19-8-4-3-5-9-19/h6-7,10-11H,3-5,8-9H2,1-2H3. The highest BCUT2D eigenvalue weighted by molar-refractivity contribution is 6.06. The zero-order valence-corrected chi connectivity index (χ0v) is 12.1. The lowest BCUT2D eigenvalue weighted by atomic mass is 10.0. The quantitative estimate of drug-likeness (QED) is 0.793. The number of hydrogen-bond acceptors (Lipinski definition) is 2. The predicted octanol–water partition coefficient (Wildman–Crippen LogP) is 3.48. The van der Waals surface area contributed by atoms with Gasteiger partial charge in [-0.25, -0.2) is 0 Å². The minimum absolute atomic E-state index is 0.158. The number of piperidine rings is 1. The number of amides is 1. The first kappa shape index (κ1) is 13.1. The van der Waals surface area contributed by atoms with Crippen molar-refractivity contribution in [3.63, 3.8) is 0 Å². The molecule has 2 aromatic rings. The number of fused-ring (bicyclic) bond motifs is 1. The number of aromatic nitrogens is 1. The summed E-state index contributed by atoms with van der Waals surface area (Å²) < 4.78 is 0. The second kappa shape index (κ2) is 5.23. The second-order valence-corrected chi connectivity index (χ2v) is 5.68. The van der Waals surface area contributed by atoms with Crippen LogP contribution >= 0.6 is 0 Å². The Morgan fingerprint density at radius 2 is 1.85 bits per heavy atom. The lowest BCUT2D eigenvalue weighted by Crippen LogP contribution is -2.35. The highest BCUT2D eigenvalue weighted by atomic mass is 16.2. The lowest BCUT2D eigenvalue weighted by molar-refractivity contribution is 0.0726. The fraction of sp³-hybridized carbons (Fsp3) is 0.412. The third-order valence-electron chi connectivity index (χ3n) is 3.97. The molecule has 0 aliphatic carbocycles. The van der Waals surface area contributed by atoms with Gasteiger partial charge in [0.25, 0.3) is 5.91 Å². The number of benzene rings is 1. The number of aryl methyl sites for hydroxylation is 2. The Hall–Kier alpha value is -1.90. The first-order valence-electron chi connectivity index (χ1n) is 7.32. The summed E-state index contributed by atoms with van der Waals surface area (Å²) in [6, 6.07) is 8.05. The van der Waals surface area contributed by atoms with Gasteiger partial charge in [-0.15, -0.1) is 0 Å². The van der Waals surface area contributed by atoms with Crippen molar-refractivity contribution in [3.8, 4) is 0 Å². The first-order valence-corrected chi connectivity index (χ1v) is 7.32. The molecule has 20 heavy (non-hydrogen) atoms. The Morgan fingerprint density at radius 3 is 2.60 bits per heavy atom. The molecular weight excluding hydrogens is 248 g/mol. The minimum atomic E-state index is 0.158. The van der Waals surface area contributed by atoms with E-state index in [0.29, 0.717) is 0 Å². The van der Waals surface area contributed by atoms with Crippen molar-refractivity contribution in [1.82, 2.24) is 9.88 Å².